The fraction of sp³-hybridized carbons (Fsp3) is 0.462. The van der Waals surface area contributed by atoms with E-state index in [1.807, 2.05) is 0 Å². The Morgan fingerprint density at radius 2 is 1.89 bits per heavy atom. The van der Waals surface area contributed by atoms with Gasteiger partial charge in [0, 0.05) is 17.7 Å². The second-order valence-electron chi connectivity index (χ2n) is 4.15. The van der Waals surface area contributed by atoms with Crippen LogP contribution in [0.4, 0.5) is 0 Å². The highest BCUT2D eigenvalue weighted by Gasteiger charge is 2.31. The maximum Gasteiger partial charge on any atom is 0.339 e. The molecule has 18 heavy (non-hydrogen) atoms. The van der Waals surface area contributed by atoms with Crippen molar-refractivity contribution in [2.24, 2.45) is 0 Å². The van der Waals surface area contributed by atoms with Crippen molar-refractivity contribution in [3.8, 4) is 0 Å². The van der Waals surface area contributed by atoms with E-state index < -0.39 is 17.9 Å². The number of methoxy groups -OCH3 is 2. The normalized spacial score (nSPS) is 13.2. The summed E-state index contributed by atoms with van der Waals surface area (Å²) in [6.07, 6.45) is -0.918. The van der Waals surface area contributed by atoms with Crippen LogP contribution in [0.2, 0.25) is 5.02 Å². The Balaban J connectivity index is 3.07. The predicted octanol–water partition coefficient (Wildman–Crippen LogP) is 2.95. The number of carbonyl (C=O) groups excluding carboxylic acids is 1. The van der Waals surface area contributed by atoms with E-state index in [-0.39, 0.29) is 0 Å². The fourth-order valence-electron chi connectivity index (χ4n) is 1.37. The first kappa shape index (κ1) is 15.0. The summed E-state index contributed by atoms with van der Waals surface area (Å²) in [5, 5.41) is 0.444. The molecule has 1 aromatic rings. The van der Waals surface area contributed by atoms with E-state index in [4.69, 9.17) is 25.8 Å². The minimum Gasteiger partial charge on any atom is -0.467 e. The number of rotatable bonds is 5. The summed E-state index contributed by atoms with van der Waals surface area (Å²) < 4.78 is 15.5. The Morgan fingerprint density at radius 1 is 1.28 bits per heavy atom. The minimum absolute atomic E-state index is 0.444. The smallest absolute Gasteiger partial charge is 0.339 e. The molecular formula is C13H17ClO4. The topological polar surface area (TPSA) is 44.8 Å². The summed E-state index contributed by atoms with van der Waals surface area (Å²) in [6, 6.07) is 6.97. The molecule has 0 heterocycles. The summed E-state index contributed by atoms with van der Waals surface area (Å²) in [4.78, 5) is 11.8. The summed E-state index contributed by atoms with van der Waals surface area (Å²) in [6.45, 7) is 3.42. The molecule has 0 N–H and O–H groups in total. The third-order valence-electron chi connectivity index (χ3n) is 2.50. The molecule has 1 aromatic carbocycles. The first-order valence-corrected chi connectivity index (χ1v) is 5.84. The van der Waals surface area contributed by atoms with Crippen molar-refractivity contribution >= 4 is 17.6 Å². The van der Waals surface area contributed by atoms with Gasteiger partial charge in [0.1, 0.15) is 0 Å². The van der Waals surface area contributed by atoms with Crippen molar-refractivity contribution in [2.75, 3.05) is 14.2 Å². The third kappa shape index (κ3) is 3.70. The summed E-state index contributed by atoms with van der Waals surface area (Å²) in [5.41, 5.74) is 0.552. The molecule has 5 heteroatoms. The molecule has 0 aliphatic heterocycles. The molecular weight excluding hydrogens is 256 g/mol. The van der Waals surface area contributed by atoms with E-state index in [0.29, 0.717) is 10.6 Å². The molecule has 1 rings (SSSR count). The van der Waals surface area contributed by atoms with Crippen LogP contribution in [0.15, 0.2) is 24.3 Å². The fourth-order valence-corrected chi connectivity index (χ4v) is 1.60. The van der Waals surface area contributed by atoms with Crippen molar-refractivity contribution in [3.05, 3.63) is 34.9 Å². The van der Waals surface area contributed by atoms with Gasteiger partial charge in [-0.15, -0.1) is 0 Å². The molecule has 1 atom stereocenters. The second-order valence-corrected chi connectivity index (χ2v) is 4.55. The standard InChI is InChI=1S/C13H17ClO4/c1-13(2,17-4)18-11(12(15)16-3)9-7-5-6-8-10(9)14/h5-8,11H,1-4H3/t11-/m0/s1. The highest BCUT2D eigenvalue weighted by atomic mass is 35.5. The number of hydrogen-bond donors (Lipinski definition) is 0. The molecule has 0 radical (unpaired) electrons. The molecule has 0 aromatic heterocycles. The quantitative estimate of drug-likeness (QED) is 0.611. The zero-order valence-corrected chi connectivity index (χ0v) is 11.7. The van der Waals surface area contributed by atoms with Crippen LogP contribution >= 0.6 is 11.6 Å². The number of halogens is 1. The van der Waals surface area contributed by atoms with E-state index in [1.165, 1.54) is 14.2 Å². The largest absolute Gasteiger partial charge is 0.467 e. The molecule has 4 nitrogen and oxygen atoms in total. The van der Waals surface area contributed by atoms with E-state index in [1.54, 1.807) is 38.1 Å². The average molecular weight is 273 g/mol. The first-order chi connectivity index (χ1) is 8.41. The van der Waals surface area contributed by atoms with Gasteiger partial charge in [-0.1, -0.05) is 29.8 Å². The van der Waals surface area contributed by atoms with Crippen molar-refractivity contribution < 1.29 is 19.0 Å². The molecule has 0 saturated heterocycles. The van der Waals surface area contributed by atoms with Gasteiger partial charge in [0.25, 0.3) is 0 Å². The molecule has 0 unspecified atom stereocenters. The average Bonchev–Trinajstić information content (AvgIpc) is 2.36. The van der Waals surface area contributed by atoms with Crippen molar-refractivity contribution in [1.82, 2.24) is 0 Å². The Morgan fingerprint density at radius 3 is 2.39 bits per heavy atom. The van der Waals surface area contributed by atoms with Gasteiger partial charge >= 0.3 is 5.97 Å². The summed E-state index contributed by atoms with van der Waals surface area (Å²) in [5.74, 6) is -1.44. The highest BCUT2D eigenvalue weighted by Crippen LogP contribution is 2.30. The summed E-state index contributed by atoms with van der Waals surface area (Å²) >= 11 is 6.06. The van der Waals surface area contributed by atoms with Crippen LogP contribution in [0.5, 0.6) is 0 Å². The van der Waals surface area contributed by atoms with E-state index >= 15 is 0 Å². The van der Waals surface area contributed by atoms with Crippen molar-refractivity contribution in [3.63, 3.8) is 0 Å². The molecule has 0 amide bonds. The van der Waals surface area contributed by atoms with E-state index in [9.17, 15) is 4.79 Å². The highest BCUT2D eigenvalue weighted by molar-refractivity contribution is 6.31. The van der Waals surface area contributed by atoms with Crippen molar-refractivity contribution in [1.29, 1.82) is 0 Å². The summed E-state index contributed by atoms with van der Waals surface area (Å²) in [7, 11) is 2.80. The van der Waals surface area contributed by atoms with Gasteiger partial charge in [-0.25, -0.2) is 4.79 Å². The van der Waals surface area contributed by atoms with Crippen LogP contribution in [-0.2, 0) is 19.0 Å². The van der Waals surface area contributed by atoms with Crippen molar-refractivity contribution in [2.45, 2.75) is 25.7 Å². The van der Waals surface area contributed by atoms with Crippen LogP contribution < -0.4 is 0 Å². The van der Waals surface area contributed by atoms with Gasteiger partial charge in [-0.2, -0.15) is 0 Å². The number of benzene rings is 1. The lowest BCUT2D eigenvalue weighted by molar-refractivity contribution is -0.231. The molecule has 0 aliphatic carbocycles. The second kappa shape index (κ2) is 6.18. The maximum atomic E-state index is 11.8. The van der Waals surface area contributed by atoms with Crippen LogP contribution in [0.3, 0.4) is 0 Å². The van der Waals surface area contributed by atoms with Crippen LogP contribution in [0.25, 0.3) is 0 Å². The maximum absolute atomic E-state index is 11.8. The Kier molecular flexibility index (Phi) is 5.14. The molecule has 0 saturated carbocycles. The van der Waals surface area contributed by atoms with E-state index in [0.717, 1.165) is 0 Å². The van der Waals surface area contributed by atoms with E-state index in [2.05, 4.69) is 0 Å². The number of esters is 1. The Bertz CT molecular complexity index is 417. The predicted molar refractivity (Wildman–Crippen MR) is 68.4 cm³/mol. The molecule has 0 aliphatic rings. The lowest BCUT2D eigenvalue weighted by Gasteiger charge is -2.28. The van der Waals surface area contributed by atoms with Crippen LogP contribution in [0.1, 0.15) is 25.5 Å². The zero-order valence-electron chi connectivity index (χ0n) is 10.9. The zero-order chi connectivity index (χ0) is 13.8. The van der Waals surface area contributed by atoms with Gasteiger partial charge in [-0.3, -0.25) is 0 Å². The number of ether oxygens (including phenoxy) is 3. The number of hydrogen-bond acceptors (Lipinski definition) is 4. The van der Waals surface area contributed by atoms with Crippen LogP contribution in [0, 0.1) is 0 Å². The minimum atomic E-state index is -0.919. The first-order valence-electron chi connectivity index (χ1n) is 5.46. The lowest BCUT2D eigenvalue weighted by Crippen LogP contribution is -2.32. The lowest BCUT2D eigenvalue weighted by atomic mass is 10.1. The van der Waals surface area contributed by atoms with Gasteiger partial charge in [-0.05, 0) is 19.9 Å². The Labute approximate surface area is 112 Å². The molecule has 0 bridgehead atoms. The van der Waals surface area contributed by atoms with Gasteiger partial charge in [0.05, 0.1) is 7.11 Å². The molecule has 100 valence electrons. The molecule has 0 spiro atoms. The van der Waals surface area contributed by atoms with Gasteiger partial charge in [0.2, 0.25) is 0 Å². The Hall–Kier alpha value is -1.10. The SMILES string of the molecule is COC(=O)[C@@H](OC(C)(C)OC)c1ccccc1Cl. The monoisotopic (exact) mass is 272 g/mol. The third-order valence-corrected chi connectivity index (χ3v) is 2.84. The molecule has 0 fully saturated rings. The van der Waals surface area contributed by atoms with Gasteiger partial charge in [0.15, 0.2) is 11.9 Å². The number of carbonyl (C=O) groups is 1. The van der Waals surface area contributed by atoms with Crippen LogP contribution in [-0.4, -0.2) is 26.0 Å². The van der Waals surface area contributed by atoms with Gasteiger partial charge < -0.3 is 14.2 Å².